The van der Waals surface area contributed by atoms with Crippen molar-refractivity contribution in [3.63, 3.8) is 0 Å². The molecule has 0 amide bonds. The highest BCUT2D eigenvalue weighted by Gasteiger charge is 2.05. The molecule has 0 spiro atoms. The van der Waals surface area contributed by atoms with Gasteiger partial charge in [-0.3, -0.25) is 9.67 Å². The Morgan fingerprint density at radius 1 is 1.64 bits per heavy atom. The smallest absolute Gasteiger partial charge is 0.195 e. The third-order valence-corrected chi connectivity index (χ3v) is 2.21. The fourth-order valence-electron chi connectivity index (χ4n) is 1.20. The van der Waals surface area contributed by atoms with Crippen LogP contribution >= 0.6 is 12.2 Å². The van der Waals surface area contributed by atoms with Crippen LogP contribution in [0.5, 0.6) is 0 Å². The molecule has 0 saturated carbocycles. The van der Waals surface area contributed by atoms with Gasteiger partial charge in [0.1, 0.15) is 6.61 Å². The lowest BCUT2D eigenvalue weighted by molar-refractivity contribution is 0.265. The van der Waals surface area contributed by atoms with Gasteiger partial charge < -0.3 is 9.52 Å². The summed E-state index contributed by atoms with van der Waals surface area (Å²) in [5.74, 6) is 0.524. The molecule has 6 heteroatoms. The van der Waals surface area contributed by atoms with Gasteiger partial charge in [-0.2, -0.15) is 5.10 Å². The monoisotopic (exact) mass is 211 g/mol. The maximum atomic E-state index is 8.99. The van der Waals surface area contributed by atoms with Crippen LogP contribution in [0.25, 0.3) is 0 Å². The number of furan rings is 1. The summed E-state index contributed by atoms with van der Waals surface area (Å²) >= 11 is 5.02. The number of aromatic amines is 1. The van der Waals surface area contributed by atoms with Gasteiger partial charge in [0.05, 0.1) is 19.1 Å². The van der Waals surface area contributed by atoms with Crippen LogP contribution < -0.4 is 0 Å². The molecule has 0 aliphatic heterocycles. The lowest BCUT2D eigenvalue weighted by Crippen LogP contribution is -2.04. The fraction of sp³-hybridized carbons (Fsp3) is 0.250. The van der Waals surface area contributed by atoms with Gasteiger partial charge >= 0.3 is 0 Å². The van der Waals surface area contributed by atoms with E-state index in [0.29, 0.717) is 17.1 Å². The van der Waals surface area contributed by atoms with Gasteiger partial charge in [-0.05, 0) is 18.3 Å². The topological polar surface area (TPSA) is 67.0 Å². The molecule has 0 fully saturated rings. The molecule has 0 aliphatic rings. The Balaban J connectivity index is 2.32. The average Bonchev–Trinajstić information content (AvgIpc) is 2.79. The number of hydrogen-bond donors (Lipinski definition) is 2. The molecule has 74 valence electrons. The first kappa shape index (κ1) is 9.17. The maximum absolute atomic E-state index is 8.99. The minimum absolute atomic E-state index is 0.134. The van der Waals surface area contributed by atoms with Crippen LogP contribution in [0.4, 0.5) is 0 Å². The maximum Gasteiger partial charge on any atom is 0.195 e. The SMILES string of the molecule is OCc1n[nH]c(=S)n1Cc1ccoc1. The van der Waals surface area contributed by atoms with Crippen molar-refractivity contribution >= 4 is 12.2 Å². The zero-order valence-electron chi connectivity index (χ0n) is 7.30. The molecule has 0 bridgehead atoms. The number of rotatable bonds is 3. The van der Waals surface area contributed by atoms with E-state index in [9.17, 15) is 0 Å². The van der Waals surface area contributed by atoms with Crippen molar-refractivity contribution in [2.45, 2.75) is 13.2 Å². The van der Waals surface area contributed by atoms with Gasteiger partial charge in [0.25, 0.3) is 0 Å². The molecule has 0 aliphatic carbocycles. The Labute approximate surface area is 85.0 Å². The van der Waals surface area contributed by atoms with Crippen molar-refractivity contribution < 1.29 is 9.52 Å². The predicted molar refractivity (Wildman–Crippen MR) is 51.1 cm³/mol. The Morgan fingerprint density at radius 2 is 2.50 bits per heavy atom. The molecular formula is C8H9N3O2S. The summed E-state index contributed by atoms with van der Waals surface area (Å²) in [6, 6.07) is 1.84. The Kier molecular flexibility index (Phi) is 2.47. The zero-order chi connectivity index (χ0) is 9.97. The highest BCUT2D eigenvalue weighted by atomic mass is 32.1. The van der Waals surface area contributed by atoms with Gasteiger partial charge in [0.2, 0.25) is 0 Å². The molecule has 2 aromatic rings. The molecule has 2 N–H and O–H groups in total. The van der Waals surface area contributed by atoms with Crippen LogP contribution in [-0.2, 0) is 13.2 Å². The second-order valence-corrected chi connectivity index (χ2v) is 3.21. The predicted octanol–water partition coefficient (Wildman–Crippen LogP) is 1.07. The van der Waals surface area contributed by atoms with Gasteiger partial charge in [0.15, 0.2) is 10.6 Å². The van der Waals surface area contributed by atoms with Crippen molar-refractivity contribution in [2.75, 3.05) is 0 Å². The van der Waals surface area contributed by atoms with Crippen LogP contribution in [0.3, 0.4) is 0 Å². The number of nitrogens with one attached hydrogen (secondary N) is 1. The van der Waals surface area contributed by atoms with E-state index >= 15 is 0 Å². The number of aliphatic hydroxyl groups excluding tert-OH is 1. The first-order valence-electron chi connectivity index (χ1n) is 4.07. The van der Waals surface area contributed by atoms with E-state index in [-0.39, 0.29) is 6.61 Å². The lowest BCUT2D eigenvalue weighted by Gasteiger charge is -2.01. The Hall–Kier alpha value is -1.40. The highest BCUT2D eigenvalue weighted by molar-refractivity contribution is 7.71. The largest absolute Gasteiger partial charge is 0.472 e. The molecule has 0 saturated heterocycles. The lowest BCUT2D eigenvalue weighted by atomic mass is 10.3. The summed E-state index contributed by atoms with van der Waals surface area (Å²) in [5, 5.41) is 15.5. The number of aliphatic hydroxyl groups is 1. The Bertz CT molecular complexity index is 457. The second kappa shape index (κ2) is 3.77. The normalized spacial score (nSPS) is 10.6. The highest BCUT2D eigenvalue weighted by Crippen LogP contribution is 2.06. The summed E-state index contributed by atoms with van der Waals surface area (Å²) in [6.45, 7) is 0.423. The van der Waals surface area contributed by atoms with E-state index in [1.54, 1.807) is 17.1 Å². The number of H-pyrrole nitrogens is 1. The van der Waals surface area contributed by atoms with Gasteiger partial charge in [-0.1, -0.05) is 0 Å². The standard InChI is InChI=1S/C8H9N3O2S/c12-4-7-9-10-8(14)11(7)3-6-1-2-13-5-6/h1-2,5,12H,3-4H2,(H,10,14). The van der Waals surface area contributed by atoms with E-state index in [1.807, 2.05) is 6.07 Å². The zero-order valence-corrected chi connectivity index (χ0v) is 8.12. The molecule has 0 atom stereocenters. The summed E-state index contributed by atoms with van der Waals surface area (Å²) in [6.07, 6.45) is 3.23. The van der Waals surface area contributed by atoms with Gasteiger partial charge in [-0.15, -0.1) is 0 Å². The molecule has 14 heavy (non-hydrogen) atoms. The number of nitrogens with zero attached hydrogens (tertiary/aromatic N) is 2. The molecule has 2 heterocycles. The molecule has 5 nitrogen and oxygen atoms in total. The van der Waals surface area contributed by atoms with Crippen molar-refractivity contribution in [3.8, 4) is 0 Å². The first-order valence-corrected chi connectivity index (χ1v) is 4.48. The van der Waals surface area contributed by atoms with Crippen LogP contribution in [0, 0.1) is 4.77 Å². The van der Waals surface area contributed by atoms with Crippen molar-refractivity contribution in [1.29, 1.82) is 0 Å². The minimum atomic E-state index is -0.134. The van der Waals surface area contributed by atoms with E-state index in [1.165, 1.54) is 0 Å². The first-order chi connectivity index (χ1) is 6.81. The molecular weight excluding hydrogens is 202 g/mol. The van der Waals surface area contributed by atoms with Crippen molar-refractivity contribution in [2.24, 2.45) is 0 Å². The van der Waals surface area contributed by atoms with Crippen LogP contribution in [0.2, 0.25) is 0 Å². The fourth-order valence-corrected chi connectivity index (χ4v) is 1.41. The Morgan fingerprint density at radius 3 is 3.14 bits per heavy atom. The minimum Gasteiger partial charge on any atom is -0.472 e. The molecule has 2 aromatic heterocycles. The van der Waals surface area contributed by atoms with Crippen LogP contribution in [0.15, 0.2) is 23.0 Å². The van der Waals surface area contributed by atoms with E-state index in [2.05, 4.69) is 10.2 Å². The summed E-state index contributed by atoms with van der Waals surface area (Å²) in [7, 11) is 0. The third-order valence-electron chi connectivity index (χ3n) is 1.90. The van der Waals surface area contributed by atoms with Gasteiger partial charge in [0, 0.05) is 5.56 Å². The molecule has 0 unspecified atom stereocenters. The quantitative estimate of drug-likeness (QED) is 0.745. The van der Waals surface area contributed by atoms with E-state index < -0.39 is 0 Å². The van der Waals surface area contributed by atoms with Crippen molar-refractivity contribution in [3.05, 3.63) is 34.8 Å². The summed E-state index contributed by atoms with van der Waals surface area (Å²) < 4.78 is 7.15. The number of hydrogen-bond acceptors (Lipinski definition) is 4. The van der Waals surface area contributed by atoms with E-state index in [4.69, 9.17) is 21.7 Å². The second-order valence-electron chi connectivity index (χ2n) is 2.82. The summed E-state index contributed by atoms with van der Waals surface area (Å²) in [5.41, 5.74) is 0.984. The summed E-state index contributed by atoms with van der Waals surface area (Å²) in [4.78, 5) is 0. The van der Waals surface area contributed by atoms with Crippen LogP contribution in [0.1, 0.15) is 11.4 Å². The number of aromatic nitrogens is 3. The van der Waals surface area contributed by atoms with Gasteiger partial charge in [-0.25, -0.2) is 0 Å². The van der Waals surface area contributed by atoms with Crippen LogP contribution in [-0.4, -0.2) is 19.9 Å². The van der Waals surface area contributed by atoms with E-state index in [0.717, 1.165) is 5.56 Å². The molecule has 2 rings (SSSR count). The molecule has 0 aromatic carbocycles. The van der Waals surface area contributed by atoms with Crippen molar-refractivity contribution in [1.82, 2.24) is 14.8 Å². The molecule has 0 radical (unpaired) electrons. The average molecular weight is 211 g/mol. The third kappa shape index (κ3) is 1.61.